The number of rotatable bonds is 2. The van der Waals surface area contributed by atoms with Gasteiger partial charge in [0, 0.05) is 15.6 Å². The Kier molecular flexibility index (Phi) is 3.87. The summed E-state index contributed by atoms with van der Waals surface area (Å²) in [6.45, 7) is 0. The third-order valence-electron chi connectivity index (χ3n) is 3.95. The summed E-state index contributed by atoms with van der Waals surface area (Å²) in [5.41, 5.74) is 2.63. The largest absolute Gasteiger partial charge is 0.239 e. The highest BCUT2D eigenvalue weighted by molar-refractivity contribution is 9.10. The van der Waals surface area contributed by atoms with Crippen LogP contribution in [0.3, 0.4) is 0 Å². The molecule has 0 aliphatic carbocycles. The molecule has 1 unspecified atom stereocenters. The van der Waals surface area contributed by atoms with Crippen LogP contribution in [0.4, 0.5) is 0 Å². The summed E-state index contributed by atoms with van der Waals surface area (Å²) in [6.07, 6.45) is 2.00. The quantitative estimate of drug-likeness (QED) is 0.535. The van der Waals surface area contributed by atoms with Crippen LogP contribution in [0, 0.1) is 0 Å². The van der Waals surface area contributed by atoms with Crippen molar-refractivity contribution >= 4 is 37.4 Å². The molecule has 0 radical (unpaired) electrons. The van der Waals surface area contributed by atoms with Crippen LogP contribution >= 0.6 is 15.9 Å². The summed E-state index contributed by atoms with van der Waals surface area (Å²) in [6, 6.07) is 25.1. The Balaban J connectivity index is 2.06. The molecule has 0 fully saturated rings. The zero-order valence-corrected chi connectivity index (χ0v) is 15.1. The van der Waals surface area contributed by atoms with E-state index in [2.05, 4.69) is 15.9 Å². The lowest BCUT2D eigenvalue weighted by atomic mass is 10.1. The second kappa shape index (κ2) is 6.04. The van der Waals surface area contributed by atoms with Gasteiger partial charge in [-0.05, 0) is 30.3 Å². The van der Waals surface area contributed by atoms with Crippen molar-refractivity contribution in [2.24, 2.45) is 4.36 Å². The molecule has 2 nitrogen and oxygen atoms in total. The molecule has 3 aromatic rings. The maximum atomic E-state index is 13.9. The number of hydrogen-bond acceptors (Lipinski definition) is 2. The number of benzene rings is 3. The lowest BCUT2D eigenvalue weighted by Crippen LogP contribution is -2.08. The average molecular weight is 396 g/mol. The van der Waals surface area contributed by atoms with Crippen LogP contribution in [0.15, 0.2) is 97.5 Å². The smallest absolute Gasteiger partial charge is 0.109 e. The Bertz CT molecular complexity index is 1050. The van der Waals surface area contributed by atoms with Gasteiger partial charge < -0.3 is 0 Å². The van der Waals surface area contributed by atoms with E-state index < -0.39 is 9.73 Å². The van der Waals surface area contributed by atoms with E-state index >= 15 is 0 Å². The molecule has 4 rings (SSSR count). The van der Waals surface area contributed by atoms with E-state index in [1.807, 2.05) is 84.9 Å². The van der Waals surface area contributed by atoms with Gasteiger partial charge >= 0.3 is 0 Å². The fourth-order valence-electron chi connectivity index (χ4n) is 2.78. The van der Waals surface area contributed by atoms with Crippen molar-refractivity contribution in [1.82, 2.24) is 0 Å². The van der Waals surface area contributed by atoms with E-state index in [9.17, 15) is 4.21 Å². The molecular formula is C20H14BrNOS. The normalized spacial score (nSPS) is 19.1. The molecule has 0 N–H and O–H groups in total. The topological polar surface area (TPSA) is 29.4 Å². The van der Waals surface area contributed by atoms with Crippen LogP contribution < -0.4 is 0 Å². The first-order valence-electron chi connectivity index (χ1n) is 7.56. The maximum Gasteiger partial charge on any atom is 0.109 e. The van der Waals surface area contributed by atoms with Gasteiger partial charge in [0.05, 0.1) is 15.5 Å². The Labute approximate surface area is 150 Å². The fourth-order valence-corrected chi connectivity index (χ4v) is 5.54. The molecule has 0 saturated carbocycles. The van der Waals surface area contributed by atoms with E-state index in [-0.39, 0.29) is 0 Å². The average Bonchev–Trinajstić information content (AvgIpc) is 2.64. The van der Waals surface area contributed by atoms with Crippen molar-refractivity contribution in [1.29, 1.82) is 0 Å². The Morgan fingerprint density at radius 2 is 1.46 bits per heavy atom. The van der Waals surface area contributed by atoms with Crippen LogP contribution in [0.25, 0.3) is 11.8 Å². The second-order valence-corrected chi connectivity index (χ2v) is 8.48. The zero-order chi connectivity index (χ0) is 16.6. The molecule has 1 heterocycles. The molecule has 118 valence electrons. The van der Waals surface area contributed by atoms with E-state index in [1.54, 1.807) is 0 Å². The monoisotopic (exact) mass is 395 g/mol. The number of halogens is 1. The summed E-state index contributed by atoms with van der Waals surface area (Å²) >= 11 is 3.59. The molecule has 0 bridgehead atoms. The van der Waals surface area contributed by atoms with E-state index in [0.29, 0.717) is 0 Å². The van der Waals surface area contributed by atoms with Crippen molar-refractivity contribution in [3.8, 4) is 0 Å². The van der Waals surface area contributed by atoms with E-state index in [0.717, 1.165) is 31.1 Å². The lowest BCUT2D eigenvalue weighted by Gasteiger charge is -2.20. The third kappa shape index (κ3) is 2.52. The molecule has 4 heteroatoms. The second-order valence-electron chi connectivity index (χ2n) is 5.48. The number of nitrogens with zero attached hydrogens (tertiary/aromatic N) is 1. The standard InChI is InChI=1S/C20H14BrNOS/c21-18-12-7-13-20-17(18)14-19(15-8-3-1-4-9-15)22-24(20,23)16-10-5-2-6-11-16/h1-14H. The van der Waals surface area contributed by atoms with Crippen LogP contribution in [-0.4, -0.2) is 4.21 Å². The van der Waals surface area contributed by atoms with Gasteiger partial charge in [0.15, 0.2) is 0 Å². The van der Waals surface area contributed by atoms with E-state index in [1.165, 1.54) is 0 Å². The summed E-state index contributed by atoms with van der Waals surface area (Å²) in [4.78, 5) is 1.48. The first-order valence-corrected chi connectivity index (χ1v) is 9.87. The highest BCUT2D eigenvalue weighted by Gasteiger charge is 2.25. The van der Waals surface area contributed by atoms with Crippen molar-refractivity contribution in [3.05, 3.63) is 94.5 Å². The van der Waals surface area contributed by atoms with Crippen molar-refractivity contribution in [2.75, 3.05) is 0 Å². The SMILES string of the molecule is O=S1(c2ccccc2)=NC(c2ccccc2)=Cc2c(Br)cccc21. The first-order chi connectivity index (χ1) is 11.7. The molecule has 0 spiro atoms. The molecule has 0 saturated heterocycles. The van der Waals surface area contributed by atoms with E-state index in [4.69, 9.17) is 4.36 Å². The van der Waals surface area contributed by atoms with Crippen LogP contribution in [0.1, 0.15) is 11.1 Å². The van der Waals surface area contributed by atoms with Gasteiger partial charge in [0.25, 0.3) is 0 Å². The highest BCUT2D eigenvalue weighted by Crippen LogP contribution is 2.39. The molecule has 24 heavy (non-hydrogen) atoms. The lowest BCUT2D eigenvalue weighted by molar-refractivity contribution is 0.676. The summed E-state index contributed by atoms with van der Waals surface area (Å²) in [5, 5.41) is 0. The van der Waals surface area contributed by atoms with Crippen molar-refractivity contribution in [3.63, 3.8) is 0 Å². The van der Waals surface area contributed by atoms with Crippen molar-refractivity contribution in [2.45, 2.75) is 9.79 Å². The third-order valence-corrected chi connectivity index (χ3v) is 6.96. The maximum absolute atomic E-state index is 13.9. The predicted molar refractivity (Wildman–Crippen MR) is 102 cm³/mol. The summed E-state index contributed by atoms with van der Waals surface area (Å²) < 4.78 is 19.6. The molecule has 3 aromatic carbocycles. The number of hydrogen-bond donors (Lipinski definition) is 0. The molecule has 1 aliphatic rings. The summed E-state index contributed by atoms with van der Waals surface area (Å²) in [5.74, 6) is 0. The van der Waals surface area contributed by atoms with Gasteiger partial charge in [-0.2, -0.15) is 4.36 Å². The van der Waals surface area contributed by atoms with Gasteiger partial charge in [0.1, 0.15) is 9.73 Å². The van der Waals surface area contributed by atoms with Gasteiger partial charge in [-0.1, -0.05) is 70.5 Å². The van der Waals surface area contributed by atoms with Gasteiger partial charge in [-0.15, -0.1) is 0 Å². The van der Waals surface area contributed by atoms with Crippen LogP contribution in [-0.2, 0) is 9.73 Å². The molecule has 1 aliphatic heterocycles. The summed E-state index contributed by atoms with van der Waals surface area (Å²) in [7, 11) is -2.72. The highest BCUT2D eigenvalue weighted by atomic mass is 79.9. The molecule has 0 aromatic heterocycles. The molecule has 0 amide bonds. The number of fused-ring (bicyclic) bond motifs is 1. The predicted octanol–water partition coefficient (Wildman–Crippen LogP) is 5.85. The molecule has 1 atom stereocenters. The van der Waals surface area contributed by atoms with Gasteiger partial charge in [0.2, 0.25) is 0 Å². The fraction of sp³-hybridized carbons (Fsp3) is 0. The van der Waals surface area contributed by atoms with Crippen molar-refractivity contribution < 1.29 is 4.21 Å². The Hall–Kier alpha value is -2.17. The minimum Gasteiger partial charge on any atom is -0.239 e. The Morgan fingerprint density at radius 1 is 0.792 bits per heavy atom. The van der Waals surface area contributed by atoms with Crippen LogP contribution in [0.2, 0.25) is 0 Å². The van der Waals surface area contributed by atoms with Gasteiger partial charge in [-0.25, -0.2) is 4.21 Å². The minimum atomic E-state index is -2.72. The zero-order valence-electron chi connectivity index (χ0n) is 12.7. The van der Waals surface area contributed by atoms with Crippen LogP contribution in [0.5, 0.6) is 0 Å². The first kappa shape index (κ1) is 15.4. The van der Waals surface area contributed by atoms with Gasteiger partial charge in [-0.3, -0.25) is 0 Å². The Morgan fingerprint density at radius 3 is 2.17 bits per heavy atom. The molecular weight excluding hydrogens is 382 g/mol. The minimum absolute atomic E-state index is 0.728.